The van der Waals surface area contributed by atoms with Crippen LogP contribution in [-0.2, 0) is 0 Å². The minimum atomic E-state index is -0.353. The number of halogens is 1. The number of anilines is 1. The van der Waals surface area contributed by atoms with Crippen molar-refractivity contribution in [2.75, 3.05) is 5.32 Å². The molecular weight excluding hydrogens is 456 g/mol. The highest BCUT2D eigenvalue weighted by molar-refractivity contribution is 9.10. The molecular formula is C21H15BrN2O2S2. The summed E-state index contributed by atoms with van der Waals surface area (Å²) >= 11 is 6.61. The monoisotopic (exact) mass is 470 g/mol. The number of carbonyl (C=O) groups excluding carboxylic acids is 1. The summed E-state index contributed by atoms with van der Waals surface area (Å²) in [7, 11) is 0. The van der Waals surface area contributed by atoms with E-state index in [-0.39, 0.29) is 17.2 Å². The zero-order valence-corrected chi connectivity index (χ0v) is 18.0. The zero-order chi connectivity index (χ0) is 19.7. The van der Waals surface area contributed by atoms with Crippen molar-refractivity contribution in [2.24, 2.45) is 0 Å². The average Bonchev–Trinajstić information content (AvgIpc) is 3.08. The Morgan fingerprint density at radius 1 is 1.14 bits per heavy atom. The summed E-state index contributed by atoms with van der Waals surface area (Å²) < 4.78 is 2.89. The number of nitrogens with one attached hydrogen (secondary N) is 1. The number of amides is 1. The first-order valence-corrected chi connectivity index (χ1v) is 10.9. The van der Waals surface area contributed by atoms with Crippen LogP contribution < -0.4 is 5.32 Å². The van der Waals surface area contributed by atoms with Gasteiger partial charge in [0.05, 0.1) is 15.8 Å². The summed E-state index contributed by atoms with van der Waals surface area (Å²) in [6.07, 6.45) is 0. The minimum Gasteiger partial charge on any atom is -0.507 e. The molecule has 2 N–H and O–H groups in total. The summed E-state index contributed by atoms with van der Waals surface area (Å²) in [6, 6.07) is 19.0. The summed E-state index contributed by atoms with van der Waals surface area (Å²) in [5.41, 5.74) is 2.54. The van der Waals surface area contributed by atoms with E-state index in [0.29, 0.717) is 11.3 Å². The maximum atomic E-state index is 12.5. The maximum absolute atomic E-state index is 12.5. The van der Waals surface area contributed by atoms with E-state index in [2.05, 4.69) is 32.3 Å². The second kappa shape index (κ2) is 7.95. The summed E-state index contributed by atoms with van der Waals surface area (Å²) in [5.74, 6) is -0.364. The van der Waals surface area contributed by atoms with E-state index < -0.39 is 0 Å². The van der Waals surface area contributed by atoms with Crippen LogP contribution in [0.5, 0.6) is 5.75 Å². The average molecular weight is 471 g/mol. The third-order valence-corrected chi connectivity index (χ3v) is 6.66. The molecule has 4 rings (SSSR count). The number of aromatic hydroxyl groups is 1. The normalized spacial score (nSPS) is 10.9. The SMILES string of the molecule is Cc1cc(Br)cc(C(=O)Nc2ccc(Sc3nc4ccccc4s3)cc2)c1O. The van der Waals surface area contributed by atoms with Crippen molar-refractivity contribution in [3.8, 4) is 5.75 Å². The molecule has 4 aromatic rings. The lowest BCUT2D eigenvalue weighted by Gasteiger charge is -2.10. The van der Waals surface area contributed by atoms with Crippen molar-refractivity contribution < 1.29 is 9.90 Å². The molecule has 0 aliphatic rings. The van der Waals surface area contributed by atoms with Crippen molar-refractivity contribution in [2.45, 2.75) is 16.2 Å². The molecule has 1 amide bonds. The predicted octanol–water partition coefficient (Wildman–Crippen LogP) is 6.48. The molecule has 4 nitrogen and oxygen atoms in total. The van der Waals surface area contributed by atoms with Crippen molar-refractivity contribution in [3.05, 3.63) is 76.3 Å². The third kappa shape index (κ3) is 4.06. The summed E-state index contributed by atoms with van der Waals surface area (Å²) in [6.45, 7) is 1.75. The molecule has 0 aliphatic heterocycles. The van der Waals surface area contributed by atoms with Gasteiger partial charge in [0.15, 0.2) is 4.34 Å². The molecule has 0 bridgehead atoms. The molecule has 1 aromatic heterocycles. The molecule has 1 heterocycles. The van der Waals surface area contributed by atoms with Gasteiger partial charge in [-0.2, -0.15) is 0 Å². The third-order valence-electron chi connectivity index (χ3n) is 4.10. The van der Waals surface area contributed by atoms with Crippen LogP contribution in [0.25, 0.3) is 10.2 Å². The van der Waals surface area contributed by atoms with Crippen LogP contribution in [0.2, 0.25) is 0 Å². The number of fused-ring (bicyclic) bond motifs is 1. The van der Waals surface area contributed by atoms with E-state index in [9.17, 15) is 9.90 Å². The van der Waals surface area contributed by atoms with Crippen LogP contribution in [0.1, 0.15) is 15.9 Å². The lowest BCUT2D eigenvalue weighted by atomic mass is 10.1. The van der Waals surface area contributed by atoms with Gasteiger partial charge in [-0.25, -0.2) is 4.98 Å². The summed E-state index contributed by atoms with van der Waals surface area (Å²) in [4.78, 5) is 18.2. The zero-order valence-electron chi connectivity index (χ0n) is 14.8. The van der Waals surface area contributed by atoms with Gasteiger partial charge in [0.1, 0.15) is 5.75 Å². The number of hydrogen-bond donors (Lipinski definition) is 2. The van der Waals surface area contributed by atoms with E-state index in [1.54, 1.807) is 42.2 Å². The molecule has 0 aliphatic carbocycles. The fourth-order valence-corrected chi connectivity index (χ4v) is 5.32. The molecule has 0 saturated carbocycles. The van der Waals surface area contributed by atoms with Crippen molar-refractivity contribution in [3.63, 3.8) is 0 Å². The number of aryl methyl sites for hydroxylation is 1. The van der Waals surface area contributed by atoms with Gasteiger partial charge in [0.2, 0.25) is 0 Å². The molecule has 0 atom stereocenters. The Bertz CT molecular complexity index is 1140. The largest absolute Gasteiger partial charge is 0.507 e. The Labute approximate surface area is 178 Å². The number of phenolic OH excluding ortho intramolecular Hbond substituents is 1. The number of hydrogen-bond acceptors (Lipinski definition) is 5. The van der Waals surface area contributed by atoms with Gasteiger partial charge in [0, 0.05) is 15.1 Å². The van der Waals surface area contributed by atoms with Crippen LogP contribution in [0.4, 0.5) is 5.69 Å². The van der Waals surface area contributed by atoms with Crippen LogP contribution in [0, 0.1) is 6.92 Å². The Balaban J connectivity index is 1.48. The van der Waals surface area contributed by atoms with Crippen molar-refractivity contribution in [1.29, 1.82) is 0 Å². The Kier molecular flexibility index (Phi) is 5.39. The van der Waals surface area contributed by atoms with Gasteiger partial charge >= 0.3 is 0 Å². The first-order chi connectivity index (χ1) is 13.5. The van der Waals surface area contributed by atoms with E-state index in [0.717, 1.165) is 23.9 Å². The Morgan fingerprint density at radius 3 is 2.64 bits per heavy atom. The topological polar surface area (TPSA) is 62.2 Å². The highest BCUT2D eigenvalue weighted by Crippen LogP contribution is 2.35. The predicted molar refractivity (Wildman–Crippen MR) is 119 cm³/mol. The first kappa shape index (κ1) is 19.0. The molecule has 0 saturated heterocycles. The number of rotatable bonds is 4. The van der Waals surface area contributed by atoms with Gasteiger partial charge < -0.3 is 10.4 Å². The van der Waals surface area contributed by atoms with Gasteiger partial charge in [-0.3, -0.25) is 4.79 Å². The molecule has 0 unspecified atom stereocenters. The lowest BCUT2D eigenvalue weighted by Crippen LogP contribution is -2.12. The van der Waals surface area contributed by atoms with E-state index in [1.807, 2.05) is 42.5 Å². The van der Waals surface area contributed by atoms with Gasteiger partial charge in [-0.05, 0) is 61.0 Å². The quantitative estimate of drug-likeness (QED) is 0.358. The smallest absolute Gasteiger partial charge is 0.259 e. The lowest BCUT2D eigenvalue weighted by molar-refractivity contribution is 0.102. The second-order valence-corrected chi connectivity index (χ2v) is 9.41. The van der Waals surface area contributed by atoms with Crippen molar-refractivity contribution >= 4 is 60.8 Å². The van der Waals surface area contributed by atoms with Gasteiger partial charge in [0.25, 0.3) is 5.91 Å². The molecule has 3 aromatic carbocycles. The second-order valence-electron chi connectivity index (χ2n) is 6.15. The van der Waals surface area contributed by atoms with Crippen LogP contribution in [0.15, 0.2) is 74.4 Å². The Morgan fingerprint density at radius 2 is 1.89 bits per heavy atom. The standard InChI is InChI=1S/C21H15BrN2O2S2/c1-12-10-13(22)11-16(19(12)25)20(26)23-14-6-8-15(9-7-14)27-21-24-17-4-2-3-5-18(17)28-21/h2-11,25H,1H3,(H,23,26). The number of aromatic nitrogens is 1. The molecule has 0 fully saturated rings. The highest BCUT2D eigenvalue weighted by atomic mass is 79.9. The van der Waals surface area contributed by atoms with Crippen molar-refractivity contribution in [1.82, 2.24) is 4.98 Å². The van der Waals surface area contributed by atoms with Gasteiger partial charge in [-0.15, -0.1) is 11.3 Å². The Hall–Kier alpha value is -2.35. The van der Waals surface area contributed by atoms with Crippen LogP contribution in [0.3, 0.4) is 0 Å². The minimum absolute atomic E-state index is 0.0105. The molecule has 140 valence electrons. The maximum Gasteiger partial charge on any atom is 0.259 e. The number of carbonyl (C=O) groups is 1. The van der Waals surface area contributed by atoms with Gasteiger partial charge in [-0.1, -0.05) is 39.8 Å². The number of phenols is 1. The van der Waals surface area contributed by atoms with E-state index >= 15 is 0 Å². The van der Waals surface area contributed by atoms with E-state index in [4.69, 9.17) is 0 Å². The van der Waals surface area contributed by atoms with Crippen LogP contribution >= 0.6 is 39.0 Å². The molecule has 7 heteroatoms. The molecule has 28 heavy (non-hydrogen) atoms. The highest BCUT2D eigenvalue weighted by Gasteiger charge is 2.14. The number of benzene rings is 3. The molecule has 0 spiro atoms. The summed E-state index contributed by atoms with van der Waals surface area (Å²) in [5, 5.41) is 13.0. The van der Waals surface area contributed by atoms with Crippen LogP contribution in [-0.4, -0.2) is 16.0 Å². The van der Waals surface area contributed by atoms with E-state index in [1.165, 1.54) is 0 Å². The number of thiazole rings is 1. The number of para-hydroxylation sites is 1. The fraction of sp³-hybridized carbons (Fsp3) is 0.0476. The first-order valence-electron chi connectivity index (χ1n) is 8.43. The molecule has 0 radical (unpaired) electrons. The number of nitrogens with zero attached hydrogens (tertiary/aromatic N) is 1. The fourth-order valence-electron chi connectivity index (χ4n) is 2.71.